The number of aryl methyl sites for hydroxylation is 1. The number of fused-ring (bicyclic) bond motifs is 1. The number of nitrogens with zero attached hydrogens (tertiary/aromatic N) is 3. The predicted molar refractivity (Wildman–Crippen MR) is 59.3 cm³/mol. The first-order valence-corrected chi connectivity index (χ1v) is 5.55. The molecular formula is C10H18N4O2. The Kier molecular flexibility index (Phi) is 3.40. The molecule has 2 rings (SSSR count). The Bertz CT molecular complexity index is 349. The van der Waals surface area contributed by atoms with Gasteiger partial charge in [-0.2, -0.15) is 10.1 Å². The molecule has 6 heteroatoms. The van der Waals surface area contributed by atoms with Gasteiger partial charge in [-0.25, -0.2) is 4.68 Å². The van der Waals surface area contributed by atoms with E-state index in [-0.39, 0.29) is 12.3 Å². The second kappa shape index (κ2) is 4.80. The zero-order valence-electron chi connectivity index (χ0n) is 9.93. The lowest BCUT2D eigenvalue weighted by molar-refractivity contribution is -0.135. The summed E-state index contributed by atoms with van der Waals surface area (Å²) in [6.07, 6.45) is 1.48. The summed E-state index contributed by atoms with van der Waals surface area (Å²) in [5, 5.41) is 7.68. The van der Waals surface area contributed by atoms with E-state index < -0.39 is 0 Å². The van der Waals surface area contributed by atoms with Gasteiger partial charge in [-0.1, -0.05) is 6.92 Å². The fraction of sp³-hybridized carbons (Fsp3) is 0.800. The molecule has 1 atom stereocenters. The van der Waals surface area contributed by atoms with Crippen LogP contribution in [0, 0.1) is 0 Å². The number of ether oxygens (including phenoxy) is 2. The molecule has 16 heavy (non-hydrogen) atoms. The summed E-state index contributed by atoms with van der Waals surface area (Å²) in [5.41, 5.74) is 0. The number of hydrogen-bond acceptors (Lipinski definition) is 5. The maximum Gasteiger partial charge on any atom is 0.221 e. The predicted octanol–water partition coefficient (Wildman–Crippen LogP) is 0.816. The van der Waals surface area contributed by atoms with Crippen LogP contribution >= 0.6 is 0 Å². The highest BCUT2D eigenvalue weighted by Crippen LogP contribution is 2.26. The molecule has 0 spiro atoms. The lowest BCUT2D eigenvalue weighted by Crippen LogP contribution is -2.34. The maximum atomic E-state index is 5.30. The molecule has 90 valence electrons. The van der Waals surface area contributed by atoms with E-state index in [0.717, 1.165) is 31.2 Å². The van der Waals surface area contributed by atoms with Gasteiger partial charge in [0.15, 0.2) is 12.1 Å². The summed E-state index contributed by atoms with van der Waals surface area (Å²) in [6, 6.07) is 0.0963. The van der Waals surface area contributed by atoms with Gasteiger partial charge < -0.3 is 14.8 Å². The minimum absolute atomic E-state index is 0.0963. The van der Waals surface area contributed by atoms with Gasteiger partial charge in [-0.3, -0.25) is 0 Å². The highest BCUT2D eigenvalue weighted by Gasteiger charge is 2.29. The summed E-state index contributed by atoms with van der Waals surface area (Å²) in [5.74, 6) is 1.66. The first-order valence-electron chi connectivity index (χ1n) is 5.55. The van der Waals surface area contributed by atoms with E-state index in [1.807, 2.05) is 11.6 Å². The van der Waals surface area contributed by atoms with E-state index in [2.05, 4.69) is 15.4 Å². The smallest absolute Gasteiger partial charge is 0.221 e. The Morgan fingerprint density at radius 2 is 2.25 bits per heavy atom. The number of methoxy groups -OCH3 is 2. The molecular weight excluding hydrogens is 208 g/mol. The molecule has 1 aromatic heterocycles. The van der Waals surface area contributed by atoms with Crippen molar-refractivity contribution in [2.75, 3.05) is 26.1 Å². The summed E-state index contributed by atoms with van der Waals surface area (Å²) in [7, 11) is 3.29. The van der Waals surface area contributed by atoms with Gasteiger partial charge in [-0.15, -0.1) is 0 Å². The summed E-state index contributed by atoms with van der Waals surface area (Å²) in [4.78, 5) is 4.40. The van der Waals surface area contributed by atoms with Crippen molar-refractivity contribution in [2.24, 2.45) is 0 Å². The standard InChI is InChI=1S/C10H18N4O2/c1-4-8-12-10-11-6-5-7(14(10)13-8)9(15-2)16-3/h7,9H,4-6H2,1-3H3,(H,11,12,13). The monoisotopic (exact) mass is 226 g/mol. The fourth-order valence-corrected chi connectivity index (χ4v) is 1.98. The topological polar surface area (TPSA) is 61.2 Å². The normalized spacial score (nSPS) is 19.6. The van der Waals surface area contributed by atoms with Crippen molar-refractivity contribution in [3.63, 3.8) is 0 Å². The van der Waals surface area contributed by atoms with Gasteiger partial charge in [0, 0.05) is 27.2 Å². The Morgan fingerprint density at radius 1 is 1.50 bits per heavy atom. The molecule has 1 N–H and O–H groups in total. The molecule has 0 radical (unpaired) electrons. The molecule has 0 saturated heterocycles. The molecule has 0 aliphatic carbocycles. The average molecular weight is 226 g/mol. The molecule has 0 fully saturated rings. The quantitative estimate of drug-likeness (QED) is 0.770. The second-order valence-corrected chi connectivity index (χ2v) is 3.77. The number of rotatable bonds is 4. The summed E-state index contributed by atoms with van der Waals surface area (Å²) < 4.78 is 12.5. The van der Waals surface area contributed by atoms with Crippen LogP contribution in [0.3, 0.4) is 0 Å². The summed E-state index contributed by atoms with van der Waals surface area (Å²) in [6.45, 7) is 2.91. The van der Waals surface area contributed by atoms with Gasteiger partial charge in [0.1, 0.15) is 6.04 Å². The van der Waals surface area contributed by atoms with Gasteiger partial charge in [0.05, 0.1) is 0 Å². The molecule has 6 nitrogen and oxygen atoms in total. The van der Waals surface area contributed by atoms with Crippen molar-refractivity contribution >= 4 is 5.95 Å². The summed E-state index contributed by atoms with van der Waals surface area (Å²) >= 11 is 0. The molecule has 0 bridgehead atoms. The van der Waals surface area contributed by atoms with Crippen LogP contribution in [0.4, 0.5) is 5.95 Å². The van der Waals surface area contributed by atoms with Crippen molar-refractivity contribution in [1.82, 2.24) is 14.8 Å². The van der Waals surface area contributed by atoms with Crippen molar-refractivity contribution in [1.29, 1.82) is 0 Å². The zero-order valence-corrected chi connectivity index (χ0v) is 9.93. The highest BCUT2D eigenvalue weighted by molar-refractivity contribution is 5.28. The van der Waals surface area contributed by atoms with Crippen LogP contribution in [0.1, 0.15) is 25.2 Å². The van der Waals surface area contributed by atoms with Crippen LogP contribution in [0.5, 0.6) is 0 Å². The van der Waals surface area contributed by atoms with Gasteiger partial charge in [0.25, 0.3) is 0 Å². The van der Waals surface area contributed by atoms with Gasteiger partial charge in [-0.05, 0) is 6.42 Å². The number of nitrogens with one attached hydrogen (secondary N) is 1. The minimum Gasteiger partial charge on any atom is -0.354 e. The largest absolute Gasteiger partial charge is 0.354 e. The second-order valence-electron chi connectivity index (χ2n) is 3.77. The molecule has 2 heterocycles. The third-order valence-electron chi connectivity index (χ3n) is 2.81. The Balaban J connectivity index is 2.27. The Hall–Kier alpha value is -1.14. The molecule has 0 saturated carbocycles. The van der Waals surface area contributed by atoms with E-state index in [4.69, 9.17) is 9.47 Å². The van der Waals surface area contributed by atoms with Crippen LogP contribution in [0.2, 0.25) is 0 Å². The van der Waals surface area contributed by atoms with E-state index >= 15 is 0 Å². The van der Waals surface area contributed by atoms with Crippen LogP contribution in [-0.4, -0.2) is 41.8 Å². The number of anilines is 1. The van der Waals surface area contributed by atoms with Crippen molar-refractivity contribution in [3.8, 4) is 0 Å². The first kappa shape index (κ1) is 11.3. The fourth-order valence-electron chi connectivity index (χ4n) is 1.98. The number of aromatic nitrogens is 3. The lowest BCUT2D eigenvalue weighted by Gasteiger charge is -2.29. The van der Waals surface area contributed by atoms with Gasteiger partial charge >= 0.3 is 0 Å². The number of hydrogen-bond donors (Lipinski definition) is 1. The lowest BCUT2D eigenvalue weighted by atomic mass is 10.2. The van der Waals surface area contributed by atoms with E-state index in [1.165, 1.54) is 0 Å². The van der Waals surface area contributed by atoms with Crippen LogP contribution in [0.25, 0.3) is 0 Å². The van der Waals surface area contributed by atoms with E-state index in [1.54, 1.807) is 14.2 Å². The molecule has 1 aliphatic rings. The first-order chi connectivity index (χ1) is 7.80. The van der Waals surface area contributed by atoms with Crippen molar-refractivity contribution in [2.45, 2.75) is 32.1 Å². The van der Waals surface area contributed by atoms with Gasteiger partial charge in [0.2, 0.25) is 5.95 Å². The molecule has 1 aromatic rings. The van der Waals surface area contributed by atoms with E-state index in [9.17, 15) is 0 Å². The third kappa shape index (κ3) is 1.90. The third-order valence-corrected chi connectivity index (χ3v) is 2.81. The van der Waals surface area contributed by atoms with Crippen molar-refractivity contribution in [3.05, 3.63) is 5.82 Å². The Labute approximate surface area is 94.9 Å². The molecule has 1 unspecified atom stereocenters. The zero-order chi connectivity index (χ0) is 11.5. The SMILES string of the molecule is CCc1nc2n(n1)C(C(OC)OC)CCN2. The minimum atomic E-state index is -0.271. The highest BCUT2D eigenvalue weighted by atomic mass is 16.7. The Morgan fingerprint density at radius 3 is 2.88 bits per heavy atom. The van der Waals surface area contributed by atoms with Crippen LogP contribution in [-0.2, 0) is 15.9 Å². The molecule has 0 aromatic carbocycles. The average Bonchev–Trinajstić information content (AvgIpc) is 2.74. The molecule has 0 amide bonds. The van der Waals surface area contributed by atoms with Crippen molar-refractivity contribution < 1.29 is 9.47 Å². The maximum absolute atomic E-state index is 5.30. The molecule has 1 aliphatic heterocycles. The van der Waals surface area contributed by atoms with E-state index in [0.29, 0.717) is 0 Å². The van der Waals surface area contributed by atoms with Crippen LogP contribution in [0.15, 0.2) is 0 Å². The van der Waals surface area contributed by atoms with Crippen LogP contribution < -0.4 is 5.32 Å².